The normalized spacial score (nSPS) is 13.1. The van der Waals surface area contributed by atoms with Crippen molar-refractivity contribution in [2.45, 2.75) is 31.5 Å². The number of carbonyl (C=O) groups excluding carboxylic acids is 1. The summed E-state index contributed by atoms with van der Waals surface area (Å²) in [5.74, 6) is -0.433. The maximum absolute atomic E-state index is 12.7. The molecular formula is C16H18N4O3S2. The minimum atomic E-state index is -3.56. The molecule has 0 fully saturated rings. The summed E-state index contributed by atoms with van der Waals surface area (Å²) in [6.45, 7) is 3.86. The largest absolute Gasteiger partial charge is 0.343 e. The first-order valence-electron chi connectivity index (χ1n) is 7.73. The molecular weight excluding hydrogens is 360 g/mol. The summed E-state index contributed by atoms with van der Waals surface area (Å²) in [6.07, 6.45) is 3.49. The minimum Gasteiger partial charge on any atom is -0.343 e. The number of hydrogen-bond donors (Lipinski definition) is 1. The van der Waals surface area contributed by atoms with Crippen molar-refractivity contribution in [3.05, 3.63) is 46.2 Å². The quantitative estimate of drug-likeness (QED) is 0.735. The summed E-state index contributed by atoms with van der Waals surface area (Å²) < 4.78 is 25.3. The third kappa shape index (κ3) is 3.42. The van der Waals surface area contributed by atoms with E-state index in [0.29, 0.717) is 5.52 Å². The number of aryl methyl sites for hydroxylation is 1. The maximum Gasteiger partial charge on any atom is 0.272 e. The van der Waals surface area contributed by atoms with E-state index >= 15 is 0 Å². The number of imidazole rings is 1. The number of carbonyl (C=O) groups is 1. The lowest BCUT2D eigenvalue weighted by Gasteiger charge is -2.10. The van der Waals surface area contributed by atoms with Gasteiger partial charge in [0.15, 0.2) is 5.69 Å². The average molecular weight is 378 g/mol. The fourth-order valence-corrected chi connectivity index (χ4v) is 4.08. The van der Waals surface area contributed by atoms with Gasteiger partial charge in [-0.25, -0.2) is 18.4 Å². The molecule has 3 aromatic heterocycles. The first kappa shape index (κ1) is 17.6. The van der Waals surface area contributed by atoms with Gasteiger partial charge in [-0.1, -0.05) is 13.0 Å². The van der Waals surface area contributed by atoms with Crippen molar-refractivity contribution in [3.63, 3.8) is 0 Å². The predicted molar refractivity (Wildman–Crippen MR) is 95.7 cm³/mol. The van der Waals surface area contributed by atoms with Crippen LogP contribution in [0.2, 0.25) is 0 Å². The summed E-state index contributed by atoms with van der Waals surface area (Å²) in [6, 6.07) is 4.79. The van der Waals surface area contributed by atoms with Crippen LogP contribution in [-0.4, -0.2) is 34.9 Å². The topological polar surface area (TPSA) is 93.4 Å². The van der Waals surface area contributed by atoms with Gasteiger partial charge < -0.3 is 5.32 Å². The van der Waals surface area contributed by atoms with Gasteiger partial charge >= 0.3 is 0 Å². The Hall–Kier alpha value is -2.26. The van der Waals surface area contributed by atoms with Crippen molar-refractivity contribution in [1.82, 2.24) is 19.7 Å². The second kappa shape index (κ2) is 6.57. The van der Waals surface area contributed by atoms with Crippen molar-refractivity contribution in [2.75, 3.05) is 6.26 Å². The van der Waals surface area contributed by atoms with Gasteiger partial charge in [0.25, 0.3) is 5.91 Å². The van der Waals surface area contributed by atoms with Crippen molar-refractivity contribution >= 4 is 32.6 Å². The van der Waals surface area contributed by atoms with E-state index in [1.54, 1.807) is 35.7 Å². The number of pyridine rings is 1. The van der Waals surface area contributed by atoms with Gasteiger partial charge in [-0.15, -0.1) is 11.3 Å². The number of nitrogens with zero attached hydrogens (tertiary/aromatic N) is 3. The van der Waals surface area contributed by atoms with Crippen LogP contribution in [0.15, 0.2) is 34.9 Å². The molecule has 1 amide bonds. The van der Waals surface area contributed by atoms with E-state index in [1.165, 1.54) is 4.40 Å². The fraction of sp³-hybridized carbons (Fsp3) is 0.312. The van der Waals surface area contributed by atoms with E-state index in [-0.39, 0.29) is 16.9 Å². The Kier molecular flexibility index (Phi) is 4.61. The predicted octanol–water partition coefficient (Wildman–Crippen LogP) is 2.25. The number of nitrogens with one attached hydrogen (secondary N) is 1. The lowest BCUT2D eigenvalue weighted by atomic mass is 10.2. The van der Waals surface area contributed by atoms with Gasteiger partial charge in [-0.3, -0.25) is 9.20 Å². The van der Waals surface area contributed by atoms with Crippen LogP contribution in [-0.2, 0) is 16.3 Å². The second-order valence-corrected chi connectivity index (χ2v) is 8.54. The Bertz CT molecular complexity index is 1040. The zero-order chi connectivity index (χ0) is 18.2. The zero-order valence-corrected chi connectivity index (χ0v) is 15.7. The highest BCUT2D eigenvalue weighted by molar-refractivity contribution is 7.90. The van der Waals surface area contributed by atoms with Crippen LogP contribution in [0.25, 0.3) is 5.52 Å². The number of hydrogen-bond acceptors (Lipinski definition) is 6. The van der Waals surface area contributed by atoms with Crippen molar-refractivity contribution in [2.24, 2.45) is 0 Å². The van der Waals surface area contributed by atoms with Crippen LogP contribution in [0.1, 0.15) is 41.1 Å². The number of fused-ring (bicyclic) bond motifs is 1. The third-order valence-electron chi connectivity index (χ3n) is 3.73. The standard InChI is InChI=1S/C16H18N4O3S2/c1-4-13-18-11(9-24-13)10(2)17-15(21)14-12-7-5-6-8-20(12)16(19-14)25(3,22)23/h5-10H,4H2,1-3H3,(H,17,21). The van der Waals surface area contributed by atoms with Crippen molar-refractivity contribution < 1.29 is 13.2 Å². The van der Waals surface area contributed by atoms with Gasteiger partial charge in [0.2, 0.25) is 15.0 Å². The van der Waals surface area contributed by atoms with Crippen LogP contribution in [0.3, 0.4) is 0 Å². The molecule has 0 aliphatic heterocycles. The van der Waals surface area contributed by atoms with E-state index in [4.69, 9.17) is 0 Å². The molecule has 1 atom stereocenters. The highest BCUT2D eigenvalue weighted by Crippen LogP contribution is 2.20. The van der Waals surface area contributed by atoms with Crippen LogP contribution < -0.4 is 5.32 Å². The molecule has 0 saturated carbocycles. The van der Waals surface area contributed by atoms with E-state index in [9.17, 15) is 13.2 Å². The molecule has 25 heavy (non-hydrogen) atoms. The highest BCUT2D eigenvalue weighted by atomic mass is 32.2. The molecule has 0 aliphatic carbocycles. The number of thiazole rings is 1. The molecule has 3 aromatic rings. The molecule has 9 heteroatoms. The third-order valence-corrected chi connectivity index (χ3v) is 5.69. The molecule has 0 bridgehead atoms. The fourth-order valence-electron chi connectivity index (χ4n) is 2.46. The number of sulfone groups is 1. The highest BCUT2D eigenvalue weighted by Gasteiger charge is 2.24. The molecule has 132 valence electrons. The van der Waals surface area contributed by atoms with Crippen molar-refractivity contribution in [1.29, 1.82) is 0 Å². The Morgan fingerprint density at radius 2 is 2.12 bits per heavy atom. The van der Waals surface area contributed by atoms with Crippen LogP contribution in [0.5, 0.6) is 0 Å². The second-order valence-electron chi connectivity index (χ2n) is 5.69. The van der Waals surface area contributed by atoms with E-state index < -0.39 is 15.7 Å². The molecule has 0 saturated heterocycles. The monoisotopic (exact) mass is 378 g/mol. The molecule has 3 heterocycles. The van der Waals surface area contributed by atoms with Gasteiger partial charge in [0.05, 0.1) is 22.3 Å². The number of aromatic nitrogens is 3. The first-order chi connectivity index (χ1) is 11.8. The summed E-state index contributed by atoms with van der Waals surface area (Å²) in [7, 11) is -3.56. The minimum absolute atomic E-state index is 0.0822. The average Bonchev–Trinajstić information content (AvgIpc) is 3.19. The number of amides is 1. The molecule has 1 unspecified atom stereocenters. The molecule has 1 N–H and O–H groups in total. The lowest BCUT2D eigenvalue weighted by Crippen LogP contribution is -2.27. The lowest BCUT2D eigenvalue weighted by molar-refractivity contribution is 0.0936. The summed E-state index contributed by atoms with van der Waals surface area (Å²) in [4.78, 5) is 21.2. The van der Waals surface area contributed by atoms with Gasteiger partial charge in [-0.05, 0) is 25.5 Å². The van der Waals surface area contributed by atoms with Crippen molar-refractivity contribution in [3.8, 4) is 0 Å². The first-order valence-corrected chi connectivity index (χ1v) is 10.5. The Labute approximate surface area is 149 Å². The molecule has 0 spiro atoms. The van der Waals surface area contributed by atoms with Gasteiger partial charge in [0.1, 0.15) is 0 Å². The molecule has 3 rings (SSSR count). The van der Waals surface area contributed by atoms with Gasteiger partial charge in [0, 0.05) is 17.8 Å². The Morgan fingerprint density at radius 1 is 1.36 bits per heavy atom. The molecule has 0 radical (unpaired) electrons. The SMILES string of the molecule is CCc1nc(C(C)NC(=O)c2nc(S(C)(=O)=O)n3ccccc23)cs1. The zero-order valence-electron chi connectivity index (χ0n) is 14.1. The van der Waals surface area contributed by atoms with Crippen LogP contribution >= 0.6 is 11.3 Å². The molecule has 7 nitrogen and oxygen atoms in total. The van der Waals surface area contributed by atoms with E-state index in [2.05, 4.69) is 15.3 Å². The maximum atomic E-state index is 12.7. The molecule has 0 aliphatic rings. The Morgan fingerprint density at radius 3 is 2.76 bits per heavy atom. The molecule has 0 aromatic carbocycles. The smallest absolute Gasteiger partial charge is 0.272 e. The summed E-state index contributed by atoms with van der Waals surface area (Å²) >= 11 is 1.55. The summed E-state index contributed by atoms with van der Waals surface area (Å²) in [5.41, 5.74) is 1.31. The summed E-state index contributed by atoms with van der Waals surface area (Å²) in [5, 5.41) is 5.61. The van der Waals surface area contributed by atoms with Crippen LogP contribution in [0.4, 0.5) is 0 Å². The Balaban J connectivity index is 1.95. The van der Waals surface area contributed by atoms with Crippen LogP contribution in [0, 0.1) is 0 Å². The van der Waals surface area contributed by atoms with E-state index in [0.717, 1.165) is 23.4 Å². The number of rotatable bonds is 5. The van der Waals surface area contributed by atoms with E-state index in [1.807, 2.05) is 19.2 Å². The van der Waals surface area contributed by atoms with Gasteiger partial charge in [-0.2, -0.15) is 0 Å².